The van der Waals surface area contributed by atoms with Crippen molar-refractivity contribution in [2.75, 3.05) is 0 Å². The van der Waals surface area contributed by atoms with E-state index in [2.05, 4.69) is 41.9 Å². The Balaban J connectivity index is 3.54. The van der Waals surface area contributed by atoms with Crippen LogP contribution in [0.2, 0.25) is 12.1 Å². The van der Waals surface area contributed by atoms with Crippen molar-refractivity contribution in [2.24, 2.45) is 11.8 Å². The van der Waals surface area contributed by atoms with Crippen LogP contribution < -0.4 is 0 Å². The zero-order valence-corrected chi connectivity index (χ0v) is 10.1. The Morgan fingerprint density at radius 2 is 1.54 bits per heavy atom. The highest BCUT2D eigenvalue weighted by atomic mass is 14.1. The number of hydrogen-bond acceptors (Lipinski definition) is 0. The molecule has 0 rings (SSSR count). The van der Waals surface area contributed by atoms with Crippen LogP contribution in [0.5, 0.6) is 0 Å². The lowest BCUT2D eigenvalue weighted by Crippen LogP contribution is -2.07. The average Bonchev–Trinajstić information content (AvgIpc) is 2.04. The molecule has 0 aromatic heterocycles. The Morgan fingerprint density at radius 1 is 0.923 bits per heavy atom. The van der Waals surface area contributed by atoms with Gasteiger partial charge in [0.1, 0.15) is 7.28 Å². The first-order valence-corrected chi connectivity index (χ1v) is 5.93. The van der Waals surface area contributed by atoms with Crippen LogP contribution in [0.4, 0.5) is 0 Å². The SMILES string of the molecule is CC[B]C(C)CC(C)CC(C)CC. The predicted molar refractivity (Wildman–Crippen MR) is 63.5 cm³/mol. The van der Waals surface area contributed by atoms with Gasteiger partial charge >= 0.3 is 0 Å². The quantitative estimate of drug-likeness (QED) is 0.510. The summed E-state index contributed by atoms with van der Waals surface area (Å²) in [5.41, 5.74) is 0. The molecule has 0 aliphatic heterocycles. The lowest BCUT2D eigenvalue weighted by atomic mass is 9.60. The van der Waals surface area contributed by atoms with Gasteiger partial charge in [0.25, 0.3) is 0 Å². The molecule has 0 aliphatic rings. The van der Waals surface area contributed by atoms with Crippen molar-refractivity contribution in [3.05, 3.63) is 0 Å². The smallest absolute Gasteiger partial charge is 0.0827 e. The molecule has 0 fully saturated rings. The van der Waals surface area contributed by atoms with E-state index in [-0.39, 0.29) is 0 Å². The molecule has 0 nitrogen and oxygen atoms in total. The van der Waals surface area contributed by atoms with Gasteiger partial charge in [0.05, 0.1) is 0 Å². The fraction of sp³-hybridized carbons (Fsp3) is 1.00. The highest BCUT2D eigenvalue weighted by Crippen LogP contribution is 2.23. The van der Waals surface area contributed by atoms with Gasteiger partial charge in [0, 0.05) is 0 Å². The van der Waals surface area contributed by atoms with E-state index in [1.807, 2.05) is 0 Å². The van der Waals surface area contributed by atoms with E-state index < -0.39 is 0 Å². The standard InChI is InChI=1S/C12H26B/c1-6-10(3)8-11(4)9-12(5)13-7-2/h10-12H,6-9H2,1-5H3. The molecular weight excluding hydrogens is 155 g/mol. The molecule has 0 amide bonds. The Kier molecular flexibility index (Phi) is 7.50. The third-order valence-electron chi connectivity index (χ3n) is 2.91. The first-order valence-electron chi connectivity index (χ1n) is 5.93. The second-order valence-electron chi connectivity index (χ2n) is 4.71. The largest absolute Gasteiger partial charge is 0.112 e. The first-order chi connectivity index (χ1) is 6.10. The summed E-state index contributed by atoms with van der Waals surface area (Å²) in [4.78, 5) is 0. The zero-order valence-electron chi connectivity index (χ0n) is 10.1. The van der Waals surface area contributed by atoms with Crippen LogP contribution >= 0.6 is 0 Å². The zero-order chi connectivity index (χ0) is 10.3. The molecule has 13 heavy (non-hydrogen) atoms. The van der Waals surface area contributed by atoms with Crippen molar-refractivity contribution in [3.63, 3.8) is 0 Å². The fourth-order valence-electron chi connectivity index (χ4n) is 2.08. The van der Waals surface area contributed by atoms with E-state index in [9.17, 15) is 0 Å². The molecule has 3 unspecified atom stereocenters. The summed E-state index contributed by atoms with van der Waals surface area (Å²) in [7, 11) is 2.44. The van der Waals surface area contributed by atoms with Crippen LogP contribution in [0.25, 0.3) is 0 Å². The molecule has 0 N–H and O–H groups in total. The minimum Gasteiger partial charge on any atom is -0.0827 e. The van der Waals surface area contributed by atoms with E-state index in [1.165, 1.54) is 25.6 Å². The van der Waals surface area contributed by atoms with Crippen molar-refractivity contribution in [1.29, 1.82) is 0 Å². The average molecular weight is 181 g/mol. The van der Waals surface area contributed by atoms with Crippen LogP contribution in [0.15, 0.2) is 0 Å². The lowest BCUT2D eigenvalue weighted by molar-refractivity contribution is 0.384. The van der Waals surface area contributed by atoms with Gasteiger partial charge in [-0.25, -0.2) is 0 Å². The molecule has 0 aliphatic carbocycles. The van der Waals surface area contributed by atoms with Crippen molar-refractivity contribution >= 4 is 7.28 Å². The van der Waals surface area contributed by atoms with Gasteiger partial charge in [-0.2, -0.15) is 0 Å². The highest BCUT2D eigenvalue weighted by Gasteiger charge is 2.11. The third kappa shape index (κ3) is 7.16. The van der Waals surface area contributed by atoms with E-state index in [1.54, 1.807) is 0 Å². The van der Waals surface area contributed by atoms with Crippen molar-refractivity contribution in [2.45, 2.75) is 66.0 Å². The minimum absolute atomic E-state index is 0.809. The van der Waals surface area contributed by atoms with E-state index >= 15 is 0 Å². The predicted octanol–water partition coefficient (Wildman–Crippen LogP) is 4.40. The first kappa shape index (κ1) is 13.1. The summed E-state index contributed by atoms with van der Waals surface area (Å²) in [5.74, 6) is 2.61. The topological polar surface area (TPSA) is 0 Å². The molecule has 0 aromatic rings. The molecule has 77 valence electrons. The van der Waals surface area contributed by atoms with Crippen LogP contribution in [-0.2, 0) is 0 Å². The summed E-state index contributed by atoms with van der Waals surface area (Å²) >= 11 is 0. The molecule has 0 saturated heterocycles. The molecule has 0 saturated carbocycles. The minimum atomic E-state index is 0.809. The Bertz CT molecular complexity index is 112. The second-order valence-corrected chi connectivity index (χ2v) is 4.71. The normalized spacial score (nSPS) is 17.9. The van der Waals surface area contributed by atoms with Crippen LogP contribution in [-0.4, -0.2) is 7.28 Å². The summed E-state index contributed by atoms with van der Waals surface area (Å²) in [5, 5.41) is 0. The molecule has 0 spiro atoms. The van der Waals surface area contributed by atoms with Crippen LogP contribution in [0, 0.1) is 11.8 Å². The lowest BCUT2D eigenvalue weighted by Gasteiger charge is -2.19. The molecule has 3 atom stereocenters. The van der Waals surface area contributed by atoms with Gasteiger partial charge in [0.15, 0.2) is 0 Å². The van der Waals surface area contributed by atoms with Gasteiger partial charge in [-0.1, -0.05) is 59.6 Å². The maximum Gasteiger partial charge on any atom is 0.112 e. The third-order valence-corrected chi connectivity index (χ3v) is 2.91. The van der Waals surface area contributed by atoms with Crippen molar-refractivity contribution < 1.29 is 0 Å². The molecule has 0 bridgehead atoms. The molecule has 1 radical (unpaired) electrons. The van der Waals surface area contributed by atoms with E-state index in [4.69, 9.17) is 0 Å². The monoisotopic (exact) mass is 181 g/mol. The summed E-state index contributed by atoms with van der Waals surface area (Å²) < 4.78 is 0. The van der Waals surface area contributed by atoms with Gasteiger partial charge in [-0.3, -0.25) is 0 Å². The number of rotatable bonds is 7. The maximum absolute atomic E-state index is 2.44. The van der Waals surface area contributed by atoms with E-state index in [0.717, 1.165) is 17.7 Å². The van der Waals surface area contributed by atoms with E-state index in [0.29, 0.717) is 0 Å². The van der Waals surface area contributed by atoms with Gasteiger partial charge < -0.3 is 0 Å². The molecule has 0 heterocycles. The van der Waals surface area contributed by atoms with Crippen molar-refractivity contribution in [3.8, 4) is 0 Å². The Morgan fingerprint density at radius 3 is 2.00 bits per heavy atom. The Hall–Kier alpha value is 0.0649. The maximum atomic E-state index is 2.44. The van der Waals surface area contributed by atoms with Crippen LogP contribution in [0.3, 0.4) is 0 Å². The molecule has 1 heteroatoms. The van der Waals surface area contributed by atoms with Gasteiger partial charge in [-0.15, -0.1) is 0 Å². The summed E-state index contributed by atoms with van der Waals surface area (Å²) in [6.45, 7) is 11.6. The fourth-order valence-corrected chi connectivity index (χ4v) is 2.08. The van der Waals surface area contributed by atoms with Gasteiger partial charge in [0.2, 0.25) is 0 Å². The number of hydrogen-bond donors (Lipinski definition) is 0. The summed E-state index contributed by atoms with van der Waals surface area (Å²) in [6, 6.07) is 0. The Labute approximate surface area is 85.7 Å². The van der Waals surface area contributed by atoms with Crippen LogP contribution in [0.1, 0.15) is 53.9 Å². The molecular formula is C12H26B. The van der Waals surface area contributed by atoms with Gasteiger partial charge in [-0.05, 0) is 18.3 Å². The highest BCUT2D eigenvalue weighted by molar-refractivity contribution is 6.37. The summed E-state index contributed by atoms with van der Waals surface area (Å²) in [6.07, 6.45) is 5.32. The van der Waals surface area contributed by atoms with Crippen molar-refractivity contribution in [1.82, 2.24) is 0 Å². The molecule has 0 aromatic carbocycles. The second kappa shape index (κ2) is 7.47.